The van der Waals surface area contributed by atoms with E-state index in [1.165, 1.54) is 17.1 Å². The normalized spacial score (nSPS) is 11.7. The van der Waals surface area contributed by atoms with Crippen LogP contribution in [0.3, 0.4) is 0 Å². The van der Waals surface area contributed by atoms with Gasteiger partial charge in [-0.1, -0.05) is 48.5 Å². The number of ketones is 1. The van der Waals surface area contributed by atoms with E-state index in [2.05, 4.69) is 21.1 Å². The van der Waals surface area contributed by atoms with Gasteiger partial charge < -0.3 is 0 Å². The molecule has 0 aliphatic rings. The highest BCUT2D eigenvalue weighted by molar-refractivity contribution is 7.04. The zero-order valence-electron chi connectivity index (χ0n) is 13.2. The Labute approximate surface area is 139 Å². The third-order valence-corrected chi connectivity index (χ3v) is 4.75. The van der Waals surface area contributed by atoms with Gasteiger partial charge in [0.25, 0.3) is 0 Å². The van der Waals surface area contributed by atoms with E-state index in [0.717, 1.165) is 28.2 Å². The number of hydrogen-bond acceptors (Lipinski definition) is 3. The first kappa shape index (κ1) is 15.4. The first-order valence-electron chi connectivity index (χ1n) is 7.50. The molecule has 0 bridgehead atoms. The first-order chi connectivity index (χ1) is 11.1. The van der Waals surface area contributed by atoms with Crippen LogP contribution in [0.5, 0.6) is 0 Å². The van der Waals surface area contributed by atoms with Crippen LogP contribution in [0.4, 0.5) is 5.69 Å². The van der Waals surface area contributed by atoms with Crippen molar-refractivity contribution in [3.05, 3.63) is 82.2 Å². The van der Waals surface area contributed by atoms with Crippen LogP contribution in [0.2, 0.25) is 0 Å². The molecular formula is C19H18N2OS. The maximum absolute atomic E-state index is 12.1. The Morgan fingerprint density at radius 2 is 1.65 bits per heavy atom. The number of aromatic nitrogens is 1. The number of benzene rings is 2. The van der Waals surface area contributed by atoms with Gasteiger partial charge in [-0.3, -0.25) is 8.75 Å². The summed E-state index contributed by atoms with van der Waals surface area (Å²) in [4.78, 5) is 16.7. The van der Waals surface area contributed by atoms with Gasteiger partial charge in [0.2, 0.25) is 0 Å². The topological polar surface area (TPSA) is 34.4 Å². The largest absolute Gasteiger partial charge is 0.295 e. The van der Waals surface area contributed by atoms with Crippen molar-refractivity contribution < 1.29 is 4.79 Å². The van der Waals surface area contributed by atoms with Crippen molar-refractivity contribution in [3.63, 3.8) is 0 Å². The Morgan fingerprint density at radius 1 is 1.04 bits per heavy atom. The average molecular weight is 322 g/mol. The molecule has 116 valence electrons. The van der Waals surface area contributed by atoms with E-state index in [4.69, 9.17) is 0 Å². The highest BCUT2D eigenvalue weighted by atomic mass is 32.1. The molecule has 0 saturated heterocycles. The van der Waals surface area contributed by atoms with Gasteiger partial charge in [-0.05, 0) is 43.1 Å². The standard InChI is InChI=1S/C19H18N2OS/c1-14-18(15(2)22)19(20-17-11-7-4-8-12-17)23-21(14)13-16-9-5-3-6-10-16/h3-12H,13H2,1-2H3. The highest BCUT2D eigenvalue weighted by Gasteiger charge is 2.14. The van der Waals surface area contributed by atoms with Crippen molar-refractivity contribution in [1.29, 1.82) is 0 Å². The Balaban J connectivity index is 2.08. The fourth-order valence-corrected chi connectivity index (χ4v) is 3.68. The molecule has 1 aromatic heterocycles. The summed E-state index contributed by atoms with van der Waals surface area (Å²) in [6, 6.07) is 20.0. The molecule has 0 atom stereocenters. The van der Waals surface area contributed by atoms with Gasteiger partial charge in [0, 0.05) is 5.69 Å². The number of hydrogen-bond donors (Lipinski definition) is 0. The van der Waals surface area contributed by atoms with Crippen LogP contribution in [0, 0.1) is 6.92 Å². The molecule has 3 nitrogen and oxygen atoms in total. The summed E-state index contributed by atoms with van der Waals surface area (Å²) >= 11 is 1.53. The Kier molecular flexibility index (Phi) is 4.53. The second kappa shape index (κ2) is 6.75. The predicted octanol–water partition coefficient (Wildman–Crippen LogP) is 4.34. The molecule has 2 aromatic carbocycles. The van der Waals surface area contributed by atoms with Gasteiger partial charge >= 0.3 is 0 Å². The number of nitrogens with zero attached hydrogens (tertiary/aromatic N) is 2. The zero-order valence-corrected chi connectivity index (χ0v) is 14.0. The second-order valence-electron chi connectivity index (χ2n) is 5.38. The van der Waals surface area contributed by atoms with E-state index in [0.29, 0.717) is 0 Å². The van der Waals surface area contributed by atoms with E-state index in [1.54, 1.807) is 6.92 Å². The average Bonchev–Trinajstić information content (AvgIpc) is 2.85. The monoisotopic (exact) mass is 322 g/mol. The fourth-order valence-electron chi connectivity index (χ4n) is 2.50. The fraction of sp³-hybridized carbons (Fsp3) is 0.158. The number of para-hydroxylation sites is 1. The van der Waals surface area contributed by atoms with E-state index in [-0.39, 0.29) is 5.78 Å². The van der Waals surface area contributed by atoms with Crippen LogP contribution in [-0.2, 0) is 6.54 Å². The number of Topliss-reactive ketones (excluding diaryl/α,β-unsaturated/α-hetero) is 1. The van der Waals surface area contributed by atoms with Crippen LogP contribution in [0.15, 0.2) is 65.7 Å². The lowest BCUT2D eigenvalue weighted by atomic mass is 10.2. The molecule has 0 spiro atoms. The van der Waals surface area contributed by atoms with E-state index in [1.807, 2.05) is 55.5 Å². The maximum atomic E-state index is 12.1. The zero-order chi connectivity index (χ0) is 16.2. The molecule has 0 N–H and O–H groups in total. The van der Waals surface area contributed by atoms with E-state index >= 15 is 0 Å². The molecular weight excluding hydrogens is 304 g/mol. The van der Waals surface area contributed by atoms with Crippen LogP contribution in [0.1, 0.15) is 28.5 Å². The van der Waals surface area contributed by atoms with Crippen LogP contribution < -0.4 is 4.67 Å². The molecule has 0 aliphatic carbocycles. The molecule has 3 aromatic rings. The van der Waals surface area contributed by atoms with Crippen molar-refractivity contribution >= 4 is 23.0 Å². The van der Waals surface area contributed by atoms with Gasteiger partial charge in [0.15, 0.2) is 5.78 Å². The quantitative estimate of drug-likeness (QED) is 0.658. The Morgan fingerprint density at radius 3 is 2.26 bits per heavy atom. The lowest BCUT2D eigenvalue weighted by Crippen LogP contribution is -2.08. The lowest BCUT2D eigenvalue weighted by Gasteiger charge is -2.05. The van der Waals surface area contributed by atoms with Gasteiger partial charge in [0.05, 0.1) is 17.8 Å². The van der Waals surface area contributed by atoms with Crippen LogP contribution >= 0.6 is 11.5 Å². The summed E-state index contributed by atoms with van der Waals surface area (Å²) in [6.45, 7) is 4.34. The van der Waals surface area contributed by atoms with Crippen molar-refractivity contribution in [2.75, 3.05) is 0 Å². The van der Waals surface area contributed by atoms with Gasteiger partial charge in [-0.25, -0.2) is 4.99 Å². The lowest BCUT2D eigenvalue weighted by molar-refractivity contribution is 0.101. The van der Waals surface area contributed by atoms with E-state index < -0.39 is 0 Å². The van der Waals surface area contributed by atoms with Gasteiger partial charge in [0.1, 0.15) is 4.67 Å². The summed E-state index contributed by atoms with van der Waals surface area (Å²) in [6.07, 6.45) is 0. The minimum atomic E-state index is 0.0558. The van der Waals surface area contributed by atoms with Crippen molar-refractivity contribution in [3.8, 4) is 0 Å². The number of rotatable bonds is 4. The van der Waals surface area contributed by atoms with Gasteiger partial charge in [-0.2, -0.15) is 0 Å². The molecule has 0 amide bonds. The molecule has 0 fully saturated rings. The first-order valence-corrected chi connectivity index (χ1v) is 8.28. The van der Waals surface area contributed by atoms with Crippen LogP contribution in [-0.4, -0.2) is 9.74 Å². The summed E-state index contributed by atoms with van der Waals surface area (Å²) in [5, 5.41) is 0. The van der Waals surface area contributed by atoms with Crippen LogP contribution in [0.25, 0.3) is 0 Å². The molecule has 0 unspecified atom stereocenters. The van der Waals surface area contributed by atoms with Gasteiger partial charge in [-0.15, -0.1) is 0 Å². The smallest absolute Gasteiger partial charge is 0.164 e. The number of carbonyl (C=O) groups is 1. The summed E-state index contributed by atoms with van der Waals surface area (Å²) < 4.78 is 2.91. The van der Waals surface area contributed by atoms with Crippen molar-refractivity contribution in [1.82, 2.24) is 3.96 Å². The molecule has 0 saturated carbocycles. The minimum Gasteiger partial charge on any atom is -0.295 e. The third kappa shape index (κ3) is 3.48. The summed E-state index contributed by atoms with van der Waals surface area (Å²) in [5.74, 6) is 0.0558. The number of carbonyl (C=O) groups excluding carboxylic acids is 1. The molecule has 1 heterocycles. The highest BCUT2D eigenvalue weighted by Crippen LogP contribution is 2.16. The summed E-state index contributed by atoms with van der Waals surface area (Å²) in [7, 11) is 0. The second-order valence-corrected chi connectivity index (χ2v) is 6.39. The van der Waals surface area contributed by atoms with Crippen molar-refractivity contribution in [2.45, 2.75) is 20.4 Å². The third-order valence-electron chi connectivity index (χ3n) is 3.65. The SMILES string of the molecule is CC(=O)c1c(C)n(Cc2ccccc2)sc1=Nc1ccccc1. The van der Waals surface area contributed by atoms with E-state index in [9.17, 15) is 4.79 Å². The molecule has 0 radical (unpaired) electrons. The molecule has 4 heteroatoms. The summed E-state index contributed by atoms with van der Waals surface area (Å²) in [5.41, 5.74) is 3.77. The minimum absolute atomic E-state index is 0.0558. The molecule has 23 heavy (non-hydrogen) atoms. The maximum Gasteiger partial charge on any atom is 0.164 e. The Hall–Kier alpha value is -2.46. The molecule has 3 rings (SSSR count). The Bertz CT molecular complexity index is 877. The molecule has 0 aliphatic heterocycles. The predicted molar refractivity (Wildman–Crippen MR) is 94.3 cm³/mol. The van der Waals surface area contributed by atoms with Crippen molar-refractivity contribution in [2.24, 2.45) is 4.99 Å².